The molecule has 2 N–H and O–H groups in total. The summed E-state index contributed by atoms with van der Waals surface area (Å²) in [5, 5.41) is 6.30. The van der Waals surface area contributed by atoms with E-state index in [1.54, 1.807) is 27.1 Å². The maximum atomic E-state index is 13.9. The lowest BCUT2D eigenvalue weighted by Gasteiger charge is -2.20. The topological polar surface area (TPSA) is 56.7 Å². The molecule has 0 spiro atoms. The molecule has 1 atom stereocenters. The third kappa shape index (κ3) is 6.40. The molecule has 0 saturated heterocycles. The van der Waals surface area contributed by atoms with Crippen LogP contribution in [0.3, 0.4) is 0 Å². The summed E-state index contributed by atoms with van der Waals surface area (Å²) in [5.74, 6) is 0.209. The van der Waals surface area contributed by atoms with Crippen LogP contribution in [-0.2, 0) is 11.3 Å². The number of carbonyl (C=O) groups excluding carboxylic acids is 1. The van der Waals surface area contributed by atoms with Crippen molar-refractivity contribution < 1.29 is 9.18 Å². The number of rotatable bonds is 6. The summed E-state index contributed by atoms with van der Waals surface area (Å²) in [6.07, 6.45) is 0. The molecule has 27 heavy (non-hydrogen) atoms. The standard InChI is InChI=1S/C21H27FN4O/c1-15-10-11-18(12-19(15)22)16(2)25-21(24-14-20(27)26(3)4)23-13-17-8-6-5-7-9-17/h5-12,16H,13-14H2,1-4H3,(H2,23,24,25). The molecule has 0 aliphatic carbocycles. The van der Waals surface area contributed by atoms with E-state index in [4.69, 9.17) is 0 Å². The van der Waals surface area contributed by atoms with E-state index in [2.05, 4.69) is 15.6 Å². The number of nitrogens with one attached hydrogen (secondary N) is 2. The van der Waals surface area contributed by atoms with E-state index in [9.17, 15) is 9.18 Å². The van der Waals surface area contributed by atoms with Gasteiger partial charge in [-0.25, -0.2) is 9.38 Å². The molecule has 0 bridgehead atoms. The summed E-state index contributed by atoms with van der Waals surface area (Å²) >= 11 is 0. The Labute approximate surface area is 160 Å². The summed E-state index contributed by atoms with van der Waals surface area (Å²) in [7, 11) is 3.41. The lowest BCUT2D eigenvalue weighted by Crippen LogP contribution is -2.43. The van der Waals surface area contributed by atoms with Gasteiger partial charge in [0.2, 0.25) is 5.91 Å². The van der Waals surface area contributed by atoms with Crippen LogP contribution in [0.5, 0.6) is 0 Å². The fourth-order valence-electron chi connectivity index (χ4n) is 2.39. The molecule has 2 rings (SSSR count). The Morgan fingerprint density at radius 2 is 1.89 bits per heavy atom. The molecule has 5 nitrogen and oxygen atoms in total. The maximum absolute atomic E-state index is 13.9. The van der Waals surface area contributed by atoms with Gasteiger partial charge in [0.1, 0.15) is 5.82 Å². The van der Waals surface area contributed by atoms with Crippen molar-refractivity contribution in [3.8, 4) is 0 Å². The summed E-state index contributed by atoms with van der Waals surface area (Å²) in [5.41, 5.74) is 2.48. The molecule has 2 aromatic carbocycles. The molecule has 1 amide bonds. The van der Waals surface area contributed by atoms with Gasteiger partial charge in [-0.1, -0.05) is 42.5 Å². The van der Waals surface area contributed by atoms with Crippen LogP contribution in [0.25, 0.3) is 0 Å². The molecular weight excluding hydrogens is 343 g/mol. The zero-order valence-electron chi connectivity index (χ0n) is 16.3. The predicted octanol–water partition coefficient (Wildman–Crippen LogP) is 3.02. The van der Waals surface area contributed by atoms with Gasteiger partial charge in [-0.3, -0.25) is 4.79 Å². The van der Waals surface area contributed by atoms with E-state index in [1.807, 2.05) is 43.3 Å². The van der Waals surface area contributed by atoms with E-state index in [1.165, 1.54) is 11.0 Å². The average Bonchev–Trinajstić information content (AvgIpc) is 2.66. The number of carbonyl (C=O) groups is 1. The van der Waals surface area contributed by atoms with Gasteiger partial charge in [-0.15, -0.1) is 0 Å². The van der Waals surface area contributed by atoms with E-state index in [0.29, 0.717) is 18.1 Å². The van der Waals surface area contributed by atoms with Crippen LogP contribution < -0.4 is 10.6 Å². The van der Waals surface area contributed by atoms with Crippen LogP contribution >= 0.6 is 0 Å². The third-order valence-electron chi connectivity index (χ3n) is 4.22. The number of benzene rings is 2. The van der Waals surface area contributed by atoms with Crippen LogP contribution in [-0.4, -0.2) is 37.4 Å². The van der Waals surface area contributed by atoms with Crippen molar-refractivity contribution in [3.05, 3.63) is 71.0 Å². The minimum absolute atomic E-state index is 0.0572. The minimum atomic E-state index is -0.236. The SMILES string of the molecule is Cc1ccc(C(C)NC(=NCc2ccccc2)NCC(=O)N(C)C)cc1F. The second-order valence-corrected chi connectivity index (χ2v) is 6.67. The first-order valence-electron chi connectivity index (χ1n) is 8.92. The summed E-state index contributed by atoms with van der Waals surface area (Å²) < 4.78 is 13.9. The van der Waals surface area contributed by atoms with Crippen molar-refractivity contribution in [2.75, 3.05) is 20.6 Å². The highest BCUT2D eigenvalue weighted by Crippen LogP contribution is 2.16. The van der Waals surface area contributed by atoms with Gasteiger partial charge in [-0.2, -0.15) is 0 Å². The molecule has 0 saturated carbocycles. The Hall–Kier alpha value is -2.89. The monoisotopic (exact) mass is 370 g/mol. The second-order valence-electron chi connectivity index (χ2n) is 6.67. The molecule has 2 aromatic rings. The number of amides is 1. The first kappa shape index (κ1) is 20.4. The van der Waals surface area contributed by atoms with E-state index in [0.717, 1.165) is 11.1 Å². The number of hydrogen-bond acceptors (Lipinski definition) is 2. The normalized spacial score (nSPS) is 12.4. The number of aliphatic imine (C=N–C) groups is 1. The third-order valence-corrected chi connectivity index (χ3v) is 4.22. The molecule has 0 radical (unpaired) electrons. The number of nitrogens with zero attached hydrogens (tertiary/aromatic N) is 2. The average molecular weight is 370 g/mol. The van der Waals surface area contributed by atoms with Crippen LogP contribution in [0.2, 0.25) is 0 Å². The Kier molecular flexibility index (Phi) is 7.34. The minimum Gasteiger partial charge on any atom is -0.350 e. The largest absolute Gasteiger partial charge is 0.350 e. The Bertz CT molecular complexity index is 790. The molecule has 0 heterocycles. The summed E-state index contributed by atoms with van der Waals surface area (Å²) in [6, 6.07) is 14.8. The van der Waals surface area contributed by atoms with Crippen molar-refractivity contribution >= 4 is 11.9 Å². The first-order valence-corrected chi connectivity index (χ1v) is 8.92. The highest BCUT2D eigenvalue weighted by atomic mass is 19.1. The lowest BCUT2D eigenvalue weighted by molar-refractivity contribution is -0.127. The number of halogens is 1. The van der Waals surface area contributed by atoms with Gasteiger partial charge >= 0.3 is 0 Å². The fraction of sp³-hybridized carbons (Fsp3) is 0.333. The van der Waals surface area contributed by atoms with Crippen molar-refractivity contribution in [1.29, 1.82) is 0 Å². The zero-order valence-corrected chi connectivity index (χ0v) is 16.3. The summed E-state index contributed by atoms with van der Waals surface area (Å²) in [4.78, 5) is 18.0. The van der Waals surface area contributed by atoms with Gasteiger partial charge in [0.25, 0.3) is 0 Å². The van der Waals surface area contributed by atoms with E-state index in [-0.39, 0.29) is 24.3 Å². The smallest absolute Gasteiger partial charge is 0.241 e. The molecule has 0 aliphatic rings. The van der Waals surface area contributed by atoms with Gasteiger partial charge in [0.15, 0.2) is 5.96 Å². The van der Waals surface area contributed by atoms with Crippen molar-refractivity contribution in [3.63, 3.8) is 0 Å². The van der Waals surface area contributed by atoms with Crippen LogP contribution in [0.15, 0.2) is 53.5 Å². The first-order chi connectivity index (χ1) is 12.9. The van der Waals surface area contributed by atoms with Crippen LogP contribution in [0, 0.1) is 12.7 Å². The number of hydrogen-bond donors (Lipinski definition) is 2. The Morgan fingerprint density at radius 3 is 2.52 bits per heavy atom. The molecule has 0 aliphatic heterocycles. The molecule has 6 heteroatoms. The fourth-order valence-corrected chi connectivity index (χ4v) is 2.39. The van der Waals surface area contributed by atoms with Crippen LogP contribution in [0.1, 0.15) is 29.7 Å². The molecule has 0 fully saturated rings. The van der Waals surface area contributed by atoms with Crippen molar-refractivity contribution in [2.45, 2.75) is 26.4 Å². The quantitative estimate of drug-likeness (QED) is 0.607. The zero-order chi connectivity index (χ0) is 19.8. The lowest BCUT2D eigenvalue weighted by atomic mass is 10.1. The second kappa shape index (κ2) is 9.71. The Balaban J connectivity index is 2.12. The van der Waals surface area contributed by atoms with Gasteiger partial charge < -0.3 is 15.5 Å². The molecular formula is C21H27FN4O. The van der Waals surface area contributed by atoms with E-state index < -0.39 is 0 Å². The predicted molar refractivity (Wildman–Crippen MR) is 107 cm³/mol. The Morgan fingerprint density at radius 1 is 1.19 bits per heavy atom. The van der Waals surface area contributed by atoms with Crippen molar-refractivity contribution in [1.82, 2.24) is 15.5 Å². The molecule has 1 unspecified atom stereocenters. The highest BCUT2D eigenvalue weighted by molar-refractivity contribution is 5.86. The van der Waals surface area contributed by atoms with Gasteiger partial charge in [0, 0.05) is 14.1 Å². The van der Waals surface area contributed by atoms with Gasteiger partial charge in [0.05, 0.1) is 19.1 Å². The number of guanidine groups is 1. The van der Waals surface area contributed by atoms with Gasteiger partial charge in [-0.05, 0) is 36.6 Å². The van der Waals surface area contributed by atoms with E-state index >= 15 is 0 Å². The number of likely N-dealkylation sites (N-methyl/N-ethyl adjacent to an activating group) is 1. The van der Waals surface area contributed by atoms with Crippen LogP contribution in [0.4, 0.5) is 4.39 Å². The number of aryl methyl sites for hydroxylation is 1. The highest BCUT2D eigenvalue weighted by Gasteiger charge is 2.12. The van der Waals surface area contributed by atoms with Crippen molar-refractivity contribution in [2.24, 2.45) is 4.99 Å². The maximum Gasteiger partial charge on any atom is 0.241 e. The molecule has 0 aromatic heterocycles. The summed E-state index contributed by atoms with van der Waals surface area (Å²) in [6.45, 7) is 4.26. The molecule has 144 valence electrons.